The fourth-order valence-corrected chi connectivity index (χ4v) is 5.37. The Morgan fingerprint density at radius 3 is 2.26 bits per heavy atom. The maximum Gasteiger partial charge on any atom is 0.490 e. The van der Waals surface area contributed by atoms with Crippen LogP contribution in [-0.4, -0.2) is 46.6 Å². The van der Waals surface area contributed by atoms with E-state index in [-0.39, 0.29) is 12.0 Å². The van der Waals surface area contributed by atoms with Gasteiger partial charge in [0.05, 0.1) is 18.1 Å². The van der Waals surface area contributed by atoms with Gasteiger partial charge in [-0.15, -0.1) is 0 Å². The highest BCUT2D eigenvalue weighted by Crippen LogP contribution is 2.52. The van der Waals surface area contributed by atoms with Crippen molar-refractivity contribution in [2.75, 3.05) is 6.54 Å². The zero-order chi connectivity index (χ0) is 22.8. The Morgan fingerprint density at radius 1 is 1.16 bits per heavy atom. The van der Waals surface area contributed by atoms with Crippen LogP contribution in [0.4, 0.5) is 13.2 Å². The molecule has 1 aromatic rings. The van der Waals surface area contributed by atoms with Crippen molar-refractivity contribution in [3.8, 4) is 0 Å². The summed E-state index contributed by atoms with van der Waals surface area (Å²) in [5.41, 5.74) is 3.35. The van der Waals surface area contributed by atoms with Gasteiger partial charge in [-0.3, -0.25) is 4.79 Å². The highest BCUT2D eigenvalue weighted by atomic mass is 19.4. The third-order valence-corrected chi connectivity index (χ3v) is 6.36. The molecule has 172 valence electrons. The molecule has 4 aliphatic rings. The van der Waals surface area contributed by atoms with Crippen LogP contribution in [0.15, 0.2) is 18.2 Å². The summed E-state index contributed by atoms with van der Waals surface area (Å²) in [4.78, 5) is 19.7. The Bertz CT molecular complexity index is 789. The standard InChI is InChI=1S/C20H27NO3.C2HF3O2/c1-13-4-14(8-19(22)23)2-3-17(13)11-21-12-20-9-15-5-16(10-20)7-18(6-15)24-20;3-2(4,5)1(6)7/h2-4,15-16,18,21H,5-12H2,1H3,(H,22,23);(H,6,7). The average Bonchev–Trinajstić information content (AvgIpc) is 2.61. The molecule has 2 saturated heterocycles. The van der Waals surface area contributed by atoms with Gasteiger partial charge in [0.2, 0.25) is 0 Å². The molecule has 0 radical (unpaired) electrons. The topological polar surface area (TPSA) is 95.9 Å². The number of halogens is 3. The lowest BCUT2D eigenvalue weighted by atomic mass is 9.62. The van der Waals surface area contributed by atoms with Crippen molar-refractivity contribution in [2.24, 2.45) is 11.8 Å². The number of rotatable bonds is 6. The van der Waals surface area contributed by atoms with Crippen LogP contribution in [-0.2, 0) is 27.3 Å². The molecule has 2 aliphatic carbocycles. The number of carboxylic acid groups (broad SMARTS) is 2. The predicted octanol–water partition coefficient (Wildman–Crippen LogP) is 3.69. The van der Waals surface area contributed by atoms with Crippen LogP contribution < -0.4 is 5.32 Å². The number of benzene rings is 1. The number of carbonyl (C=O) groups is 2. The summed E-state index contributed by atoms with van der Waals surface area (Å²) in [6.45, 7) is 3.82. The molecule has 4 bridgehead atoms. The van der Waals surface area contributed by atoms with Crippen LogP contribution in [0, 0.1) is 18.8 Å². The van der Waals surface area contributed by atoms with Crippen LogP contribution in [0.1, 0.15) is 48.8 Å². The summed E-state index contributed by atoms with van der Waals surface area (Å²) >= 11 is 0. The first-order valence-electron chi connectivity index (χ1n) is 10.4. The fourth-order valence-electron chi connectivity index (χ4n) is 5.37. The number of carboxylic acids is 2. The van der Waals surface area contributed by atoms with Crippen LogP contribution in [0.5, 0.6) is 0 Å². The van der Waals surface area contributed by atoms with Gasteiger partial charge in [-0.1, -0.05) is 18.2 Å². The molecule has 6 nitrogen and oxygen atoms in total. The van der Waals surface area contributed by atoms with E-state index in [4.69, 9.17) is 19.7 Å². The zero-order valence-electron chi connectivity index (χ0n) is 17.4. The Hall–Kier alpha value is -2.13. The third kappa shape index (κ3) is 6.20. The number of aryl methyl sites for hydroxylation is 1. The van der Waals surface area contributed by atoms with Gasteiger partial charge in [-0.25, -0.2) is 4.79 Å². The second-order valence-corrected chi connectivity index (χ2v) is 9.01. The number of aliphatic carboxylic acids is 2. The molecule has 31 heavy (non-hydrogen) atoms. The second kappa shape index (κ2) is 9.16. The minimum atomic E-state index is -5.08. The van der Waals surface area contributed by atoms with Gasteiger partial charge in [-0.2, -0.15) is 13.2 Å². The number of alkyl halides is 3. The van der Waals surface area contributed by atoms with Gasteiger partial charge < -0.3 is 20.3 Å². The van der Waals surface area contributed by atoms with Crippen LogP contribution in [0.2, 0.25) is 0 Å². The van der Waals surface area contributed by atoms with Crippen molar-refractivity contribution in [3.63, 3.8) is 0 Å². The van der Waals surface area contributed by atoms with Crippen molar-refractivity contribution in [1.29, 1.82) is 0 Å². The molecule has 9 heteroatoms. The molecular formula is C22H28F3NO5. The van der Waals surface area contributed by atoms with E-state index in [2.05, 4.69) is 18.3 Å². The molecule has 2 unspecified atom stereocenters. The van der Waals surface area contributed by atoms with Gasteiger partial charge in [0.25, 0.3) is 0 Å². The van der Waals surface area contributed by atoms with E-state index in [0.717, 1.165) is 36.1 Å². The molecule has 3 N–H and O–H groups in total. The Balaban J connectivity index is 0.000000339. The molecule has 0 aromatic heterocycles. The van der Waals surface area contributed by atoms with Gasteiger partial charge in [-0.05, 0) is 67.6 Å². The van der Waals surface area contributed by atoms with Gasteiger partial charge in [0.1, 0.15) is 0 Å². The maximum atomic E-state index is 10.8. The van der Waals surface area contributed by atoms with Crippen molar-refractivity contribution in [2.45, 2.75) is 69.9 Å². The monoisotopic (exact) mass is 443 g/mol. The first-order valence-corrected chi connectivity index (χ1v) is 10.4. The molecular weight excluding hydrogens is 415 g/mol. The van der Waals surface area contributed by atoms with Crippen LogP contribution in [0.25, 0.3) is 0 Å². The van der Waals surface area contributed by atoms with Crippen molar-refractivity contribution in [3.05, 3.63) is 34.9 Å². The quantitative estimate of drug-likeness (QED) is 0.621. The van der Waals surface area contributed by atoms with Gasteiger partial charge >= 0.3 is 18.1 Å². The zero-order valence-corrected chi connectivity index (χ0v) is 17.4. The molecule has 2 atom stereocenters. The van der Waals surface area contributed by atoms with E-state index in [1.54, 1.807) is 0 Å². The van der Waals surface area contributed by atoms with Gasteiger partial charge in [0, 0.05) is 13.1 Å². The van der Waals surface area contributed by atoms with E-state index < -0.39 is 18.1 Å². The predicted molar refractivity (Wildman–Crippen MR) is 106 cm³/mol. The number of hydrogen-bond donors (Lipinski definition) is 3. The lowest BCUT2D eigenvalue weighted by Crippen LogP contribution is -2.58. The summed E-state index contributed by atoms with van der Waals surface area (Å²) in [5.74, 6) is -1.77. The Morgan fingerprint density at radius 2 is 1.77 bits per heavy atom. The summed E-state index contributed by atoms with van der Waals surface area (Å²) in [5, 5.41) is 19.6. The van der Waals surface area contributed by atoms with Crippen LogP contribution >= 0.6 is 0 Å². The minimum absolute atomic E-state index is 0.0753. The molecule has 2 heterocycles. The van der Waals surface area contributed by atoms with E-state index in [9.17, 15) is 18.0 Å². The smallest absolute Gasteiger partial charge is 0.481 e. The molecule has 5 rings (SSSR count). The molecule has 2 aliphatic heterocycles. The summed E-state index contributed by atoms with van der Waals surface area (Å²) in [7, 11) is 0. The number of nitrogens with one attached hydrogen (secondary N) is 1. The third-order valence-electron chi connectivity index (χ3n) is 6.36. The molecule has 4 fully saturated rings. The second-order valence-electron chi connectivity index (χ2n) is 9.01. The van der Waals surface area contributed by atoms with Crippen molar-refractivity contribution < 1.29 is 37.7 Å². The number of hydrogen-bond acceptors (Lipinski definition) is 4. The largest absolute Gasteiger partial charge is 0.490 e. The molecule has 0 spiro atoms. The summed E-state index contributed by atoms with van der Waals surface area (Å²) < 4.78 is 38.2. The van der Waals surface area contributed by atoms with Crippen molar-refractivity contribution >= 4 is 11.9 Å². The minimum Gasteiger partial charge on any atom is -0.481 e. The van der Waals surface area contributed by atoms with Gasteiger partial charge in [0.15, 0.2) is 0 Å². The average molecular weight is 443 g/mol. The van der Waals surface area contributed by atoms with E-state index in [0.29, 0.717) is 6.10 Å². The molecule has 1 aromatic carbocycles. The lowest BCUT2D eigenvalue weighted by molar-refractivity contribution is -0.217. The fraction of sp³-hybridized carbons (Fsp3) is 0.636. The van der Waals surface area contributed by atoms with Crippen molar-refractivity contribution in [1.82, 2.24) is 5.32 Å². The SMILES string of the molecule is Cc1cc(CC(=O)O)ccc1CNCC12CC3CC(CC(C3)O1)C2.O=C(O)C(F)(F)F. The normalized spacial score (nSPS) is 28.7. The first kappa shape index (κ1) is 23.5. The highest BCUT2D eigenvalue weighted by Gasteiger charge is 2.51. The first-order chi connectivity index (χ1) is 14.5. The Labute approximate surface area is 178 Å². The molecule has 2 saturated carbocycles. The summed E-state index contributed by atoms with van der Waals surface area (Å²) in [6.07, 6.45) is 1.95. The van der Waals surface area contributed by atoms with E-state index in [1.807, 2.05) is 12.1 Å². The van der Waals surface area contributed by atoms with E-state index in [1.165, 1.54) is 37.7 Å². The Kier molecular flexibility index (Phi) is 6.95. The molecule has 0 amide bonds. The van der Waals surface area contributed by atoms with E-state index >= 15 is 0 Å². The summed E-state index contributed by atoms with van der Waals surface area (Å²) in [6, 6.07) is 5.98. The van der Waals surface area contributed by atoms with Crippen LogP contribution in [0.3, 0.4) is 0 Å². The highest BCUT2D eigenvalue weighted by molar-refractivity contribution is 5.73. The lowest BCUT2D eigenvalue weighted by Gasteiger charge is -2.56. The number of ether oxygens (including phenoxy) is 1. The maximum absolute atomic E-state index is 10.8.